The molecule has 8 heteroatoms. The summed E-state index contributed by atoms with van der Waals surface area (Å²) in [5.41, 5.74) is 1.96. The highest BCUT2D eigenvalue weighted by Gasteiger charge is 2.61. The van der Waals surface area contributed by atoms with E-state index in [1.165, 1.54) is 10.8 Å². The number of benzene rings is 2. The predicted octanol–water partition coefficient (Wildman–Crippen LogP) is 5.50. The fourth-order valence-corrected chi connectivity index (χ4v) is 11.6. The molecule has 0 N–H and O–H groups in total. The topological polar surface area (TPSA) is 55.4 Å². The Bertz CT molecular complexity index is 908. The van der Waals surface area contributed by atoms with Crippen LogP contribution in [0.5, 0.6) is 0 Å². The zero-order valence-corrected chi connectivity index (χ0v) is 22.8. The van der Waals surface area contributed by atoms with Crippen molar-refractivity contribution in [1.82, 2.24) is 0 Å². The van der Waals surface area contributed by atoms with Gasteiger partial charge in [-0.3, -0.25) is 0 Å². The molecule has 0 radical (unpaired) electrons. The molecule has 0 spiro atoms. The molecule has 1 aliphatic rings. The monoisotopic (exact) mass is 490 g/mol. The van der Waals surface area contributed by atoms with E-state index < -0.39 is 17.6 Å². The zero-order valence-electron chi connectivity index (χ0n) is 20.8. The quantitative estimate of drug-likeness (QED) is 0.326. The van der Waals surface area contributed by atoms with Crippen molar-refractivity contribution in [2.75, 3.05) is 39.6 Å². The lowest BCUT2D eigenvalue weighted by atomic mass is 9.92. The molecule has 2 aromatic carbocycles. The molecule has 0 heterocycles. The molecule has 182 valence electrons. The van der Waals surface area contributed by atoms with E-state index in [9.17, 15) is 0 Å². The Morgan fingerprint density at radius 3 is 1.61 bits per heavy atom. The molecule has 6 nitrogen and oxygen atoms in total. The maximum Gasteiger partial charge on any atom is 0.533 e. The van der Waals surface area contributed by atoms with Gasteiger partial charge in [-0.15, -0.1) is 0 Å². The summed E-state index contributed by atoms with van der Waals surface area (Å²) in [4.78, 5) is 0. The van der Waals surface area contributed by atoms with Crippen LogP contribution >= 0.6 is 0 Å². The molecular weight excluding hydrogens is 452 g/mol. The predicted molar refractivity (Wildman–Crippen MR) is 136 cm³/mol. The van der Waals surface area contributed by atoms with Crippen molar-refractivity contribution in [1.29, 1.82) is 0 Å². The van der Waals surface area contributed by atoms with Crippen LogP contribution in [0.2, 0.25) is 0 Å². The Balaban J connectivity index is 2.39. The van der Waals surface area contributed by atoms with Crippen molar-refractivity contribution in [3.8, 4) is 0 Å². The fourth-order valence-electron chi connectivity index (χ4n) is 4.75. The normalized spacial score (nSPS) is 16.3. The molecule has 1 atom stereocenters. The smallest absolute Gasteiger partial charge is 0.373 e. The van der Waals surface area contributed by atoms with Crippen LogP contribution in [0.25, 0.3) is 16.8 Å². The molecule has 2 aromatic rings. The second-order valence-electron chi connectivity index (χ2n) is 7.58. The maximum atomic E-state index is 6.47. The average molecular weight is 491 g/mol. The first-order valence-electron chi connectivity index (χ1n) is 12.1. The van der Waals surface area contributed by atoms with E-state index >= 15 is 0 Å². The van der Waals surface area contributed by atoms with Crippen LogP contribution in [0.3, 0.4) is 0 Å². The molecule has 0 aliphatic heterocycles. The van der Waals surface area contributed by atoms with Crippen LogP contribution in [0.15, 0.2) is 41.6 Å². The van der Waals surface area contributed by atoms with Crippen molar-refractivity contribution in [2.45, 2.75) is 47.1 Å². The first-order chi connectivity index (χ1) is 16.1. The average Bonchev–Trinajstić information content (AvgIpc) is 2.80. The Morgan fingerprint density at radius 2 is 1.12 bits per heavy atom. The molecule has 0 saturated heterocycles. The Morgan fingerprint density at radius 1 is 0.636 bits per heavy atom. The van der Waals surface area contributed by atoms with E-state index in [0.717, 1.165) is 16.3 Å². The van der Waals surface area contributed by atoms with Crippen LogP contribution in [0.1, 0.15) is 58.2 Å². The second-order valence-corrected chi connectivity index (χ2v) is 12.8. The molecule has 0 aromatic heterocycles. The van der Waals surface area contributed by atoms with Crippen LogP contribution in [-0.2, 0) is 26.6 Å². The third-order valence-corrected chi connectivity index (χ3v) is 12.5. The standard InChI is InChI=1S/C25H38O6Si2/c1-7-26-32(27-8-2,28-9-3)23-19-21-17-13-15-20-16-14-18-22(24(20)21)25(23)33(29-10-4,30-11-5)31-12-6/h13-19,25H,7-12H2,1-6H3. The molecule has 0 fully saturated rings. The van der Waals surface area contributed by atoms with Crippen molar-refractivity contribution in [3.05, 3.63) is 52.7 Å². The Hall–Kier alpha value is -1.37. The van der Waals surface area contributed by atoms with Gasteiger partial charge >= 0.3 is 17.6 Å². The van der Waals surface area contributed by atoms with Gasteiger partial charge < -0.3 is 26.6 Å². The van der Waals surface area contributed by atoms with E-state index in [-0.39, 0.29) is 5.54 Å². The largest absolute Gasteiger partial charge is 0.533 e. The molecular formula is C25H38O6Si2. The second kappa shape index (κ2) is 11.9. The lowest BCUT2D eigenvalue weighted by Crippen LogP contribution is -2.59. The van der Waals surface area contributed by atoms with Gasteiger partial charge in [0.25, 0.3) is 0 Å². The highest BCUT2D eigenvalue weighted by atomic mass is 28.4. The van der Waals surface area contributed by atoms with Gasteiger partial charge in [-0.1, -0.05) is 42.5 Å². The summed E-state index contributed by atoms with van der Waals surface area (Å²) in [5, 5.41) is 3.33. The Labute approximate surface area is 200 Å². The van der Waals surface area contributed by atoms with Crippen LogP contribution < -0.4 is 0 Å². The number of allylic oxidation sites excluding steroid dienone is 1. The summed E-state index contributed by atoms with van der Waals surface area (Å²) in [7, 11) is -6.56. The maximum absolute atomic E-state index is 6.47. The Kier molecular flexibility index (Phi) is 9.43. The highest BCUT2D eigenvalue weighted by molar-refractivity contribution is 6.75. The van der Waals surface area contributed by atoms with Gasteiger partial charge in [0.15, 0.2) is 0 Å². The summed E-state index contributed by atoms with van der Waals surface area (Å²) < 4.78 is 38.6. The van der Waals surface area contributed by atoms with Gasteiger partial charge in [0.05, 0.1) is 5.54 Å². The first-order valence-corrected chi connectivity index (χ1v) is 15.7. The van der Waals surface area contributed by atoms with E-state index in [1.54, 1.807) is 0 Å². The van der Waals surface area contributed by atoms with Gasteiger partial charge in [-0.05, 0) is 63.4 Å². The highest BCUT2D eigenvalue weighted by Crippen LogP contribution is 2.48. The zero-order chi connectivity index (χ0) is 23.9. The summed E-state index contributed by atoms with van der Waals surface area (Å²) in [6.45, 7) is 14.8. The lowest BCUT2D eigenvalue weighted by molar-refractivity contribution is 0.0577. The van der Waals surface area contributed by atoms with E-state index in [0.29, 0.717) is 39.6 Å². The third-order valence-electron chi connectivity index (χ3n) is 5.65. The molecule has 0 saturated carbocycles. The van der Waals surface area contributed by atoms with E-state index in [1.807, 2.05) is 41.5 Å². The third kappa shape index (κ3) is 5.03. The van der Waals surface area contributed by atoms with Crippen LogP contribution in [0.4, 0.5) is 0 Å². The summed E-state index contributed by atoms with van der Waals surface area (Å²) in [5.74, 6) is 0. The molecule has 1 unspecified atom stereocenters. The van der Waals surface area contributed by atoms with E-state index in [4.69, 9.17) is 26.6 Å². The van der Waals surface area contributed by atoms with Gasteiger partial charge in [0, 0.05) is 44.8 Å². The minimum absolute atomic E-state index is 0.285. The number of rotatable bonds is 14. The minimum Gasteiger partial charge on any atom is -0.373 e. The molecule has 0 bridgehead atoms. The summed E-state index contributed by atoms with van der Waals surface area (Å²) in [6, 6.07) is 12.7. The number of hydrogen-bond donors (Lipinski definition) is 0. The van der Waals surface area contributed by atoms with Gasteiger partial charge in [-0.2, -0.15) is 0 Å². The van der Waals surface area contributed by atoms with Gasteiger partial charge in [0.1, 0.15) is 0 Å². The molecule has 3 rings (SSSR count). The van der Waals surface area contributed by atoms with Crippen molar-refractivity contribution in [2.24, 2.45) is 0 Å². The first kappa shape index (κ1) is 26.2. The van der Waals surface area contributed by atoms with Gasteiger partial charge in [0.2, 0.25) is 0 Å². The fraction of sp³-hybridized carbons (Fsp3) is 0.520. The minimum atomic E-state index is -3.28. The number of hydrogen-bond acceptors (Lipinski definition) is 6. The lowest BCUT2D eigenvalue weighted by Gasteiger charge is -2.42. The molecule has 1 aliphatic carbocycles. The van der Waals surface area contributed by atoms with Crippen molar-refractivity contribution in [3.63, 3.8) is 0 Å². The molecule has 33 heavy (non-hydrogen) atoms. The molecule has 0 amide bonds. The van der Waals surface area contributed by atoms with Crippen LogP contribution in [0, 0.1) is 0 Å². The van der Waals surface area contributed by atoms with Crippen molar-refractivity contribution >= 4 is 34.5 Å². The SMILES string of the molecule is CCO[Si](OCC)(OCC)C1=Cc2cccc3cccc(c23)C1[Si](OCC)(OCC)OCC. The van der Waals surface area contributed by atoms with E-state index in [2.05, 4.69) is 42.5 Å². The summed E-state index contributed by atoms with van der Waals surface area (Å²) in [6.07, 6.45) is 2.19. The van der Waals surface area contributed by atoms with Crippen LogP contribution in [-0.4, -0.2) is 57.3 Å². The van der Waals surface area contributed by atoms with Gasteiger partial charge in [-0.25, -0.2) is 0 Å². The van der Waals surface area contributed by atoms with Crippen molar-refractivity contribution < 1.29 is 26.6 Å². The summed E-state index contributed by atoms with van der Waals surface area (Å²) >= 11 is 0.